The van der Waals surface area contributed by atoms with Gasteiger partial charge in [-0.3, -0.25) is 4.79 Å². The third-order valence-corrected chi connectivity index (χ3v) is 3.54. The number of nitrogens with one attached hydrogen (secondary N) is 1. The highest BCUT2D eigenvalue weighted by atomic mass is 35.5. The summed E-state index contributed by atoms with van der Waals surface area (Å²) >= 11 is 5.88. The minimum absolute atomic E-state index is 0.133. The molecule has 2 rings (SSSR count). The van der Waals surface area contributed by atoms with Gasteiger partial charge in [0.2, 0.25) is 0 Å². The van der Waals surface area contributed by atoms with E-state index in [9.17, 15) is 4.79 Å². The second-order valence-corrected chi connectivity index (χ2v) is 4.99. The Kier molecular flexibility index (Phi) is 2.67. The van der Waals surface area contributed by atoms with Crippen molar-refractivity contribution in [2.45, 2.75) is 19.4 Å². The lowest BCUT2D eigenvalue weighted by Gasteiger charge is -2.51. The minimum Gasteiger partial charge on any atom is -0.351 e. The van der Waals surface area contributed by atoms with Crippen molar-refractivity contribution in [3.8, 4) is 0 Å². The standard InChI is InChI=1S/C10H15ClN4O/c1-6(2)10(12)3-15(4-10)8-7(11)9(16)14-5-13-8/h5-6H,3-4,12H2,1-2H3,(H,13,14,16). The van der Waals surface area contributed by atoms with Gasteiger partial charge in [0.15, 0.2) is 5.82 Å². The van der Waals surface area contributed by atoms with Gasteiger partial charge in [-0.05, 0) is 5.92 Å². The van der Waals surface area contributed by atoms with Crippen LogP contribution in [0.15, 0.2) is 11.1 Å². The summed E-state index contributed by atoms with van der Waals surface area (Å²) in [6.45, 7) is 5.54. The number of anilines is 1. The molecular weight excluding hydrogens is 228 g/mol. The summed E-state index contributed by atoms with van der Waals surface area (Å²) in [5.74, 6) is 0.914. The smallest absolute Gasteiger partial charge is 0.271 e. The van der Waals surface area contributed by atoms with E-state index in [2.05, 4.69) is 23.8 Å². The third kappa shape index (κ3) is 1.70. The molecule has 2 heterocycles. The van der Waals surface area contributed by atoms with Crippen LogP contribution in [-0.2, 0) is 0 Å². The van der Waals surface area contributed by atoms with Crippen molar-refractivity contribution in [2.24, 2.45) is 11.7 Å². The fourth-order valence-electron chi connectivity index (χ4n) is 1.77. The number of nitrogens with zero attached hydrogens (tertiary/aromatic N) is 2. The van der Waals surface area contributed by atoms with Crippen molar-refractivity contribution >= 4 is 17.4 Å². The molecule has 0 aromatic carbocycles. The molecule has 0 atom stereocenters. The molecule has 1 saturated heterocycles. The zero-order valence-corrected chi connectivity index (χ0v) is 10.1. The van der Waals surface area contributed by atoms with Gasteiger partial charge in [-0.1, -0.05) is 25.4 Å². The fourth-order valence-corrected chi connectivity index (χ4v) is 2.00. The van der Waals surface area contributed by atoms with E-state index in [1.807, 2.05) is 4.90 Å². The van der Waals surface area contributed by atoms with E-state index in [-0.39, 0.29) is 16.1 Å². The Morgan fingerprint density at radius 3 is 2.81 bits per heavy atom. The van der Waals surface area contributed by atoms with Crippen LogP contribution in [0.4, 0.5) is 5.82 Å². The maximum Gasteiger partial charge on any atom is 0.271 e. The summed E-state index contributed by atoms with van der Waals surface area (Å²) in [5, 5.41) is 0.133. The molecule has 0 spiro atoms. The summed E-state index contributed by atoms with van der Waals surface area (Å²) < 4.78 is 0. The molecule has 5 nitrogen and oxygen atoms in total. The van der Waals surface area contributed by atoms with Crippen molar-refractivity contribution in [1.82, 2.24) is 9.97 Å². The molecule has 0 aliphatic carbocycles. The predicted octanol–water partition coefficient (Wildman–Crippen LogP) is 0.597. The van der Waals surface area contributed by atoms with Gasteiger partial charge in [-0.25, -0.2) is 4.98 Å². The van der Waals surface area contributed by atoms with Gasteiger partial charge in [0.05, 0.1) is 11.9 Å². The van der Waals surface area contributed by atoms with Gasteiger partial charge in [0, 0.05) is 13.1 Å². The number of aromatic amines is 1. The molecule has 1 fully saturated rings. The molecule has 16 heavy (non-hydrogen) atoms. The summed E-state index contributed by atoms with van der Waals surface area (Å²) in [7, 11) is 0. The molecule has 0 amide bonds. The molecule has 6 heteroatoms. The highest BCUT2D eigenvalue weighted by molar-refractivity contribution is 6.32. The minimum atomic E-state index is -0.314. The monoisotopic (exact) mass is 242 g/mol. The topological polar surface area (TPSA) is 75.0 Å². The average Bonchev–Trinajstić information content (AvgIpc) is 2.17. The first kappa shape index (κ1) is 11.4. The molecule has 0 bridgehead atoms. The Morgan fingerprint density at radius 1 is 1.62 bits per heavy atom. The van der Waals surface area contributed by atoms with Crippen LogP contribution in [0.1, 0.15) is 13.8 Å². The number of hydrogen-bond acceptors (Lipinski definition) is 4. The van der Waals surface area contributed by atoms with Crippen LogP contribution in [0, 0.1) is 5.92 Å². The van der Waals surface area contributed by atoms with Crippen LogP contribution >= 0.6 is 11.6 Å². The maximum absolute atomic E-state index is 11.3. The first-order valence-corrected chi connectivity index (χ1v) is 5.59. The second-order valence-electron chi connectivity index (χ2n) is 4.61. The average molecular weight is 243 g/mol. The van der Waals surface area contributed by atoms with Gasteiger partial charge in [-0.15, -0.1) is 0 Å². The van der Waals surface area contributed by atoms with Crippen LogP contribution < -0.4 is 16.2 Å². The molecule has 1 aromatic heterocycles. The number of hydrogen-bond donors (Lipinski definition) is 2. The number of aromatic nitrogens is 2. The maximum atomic E-state index is 11.3. The lowest BCUT2D eigenvalue weighted by atomic mass is 9.80. The summed E-state index contributed by atoms with van der Waals surface area (Å²) in [6, 6.07) is 0. The predicted molar refractivity (Wildman–Crippen MR) is 63.8 cm³/mol. The molecule has 1 aromatic rings. The largest absolute Gasteiger partial charge is 0.351 e. The van der Waals surface area contributed by atoms with E-state index in [4.69, 9.17) is 17.3 Å². The van der Waals surface area contributed by atoms with Gasteiger partial charge in [0.1, 0.15) is 5.02 Å². The number of H-pyrrole nitrogens is 1. The third-order valence-electron chi connectivity index (χ3n) is 3.20. The van der Waals surface area contributed by atoms with Crippen LogP contribution in [0.3, 0.4) is 0 Å². The van der Waals surface area contributed by atoms with Gasteiger partial charge in [0.25, 0.3) is 5.56 Å². The number of nitrogens with two attached hydrogens (primary N) is 1. The second kappa shape index (κ2) is 3.75. The quantitative estimate of drug-likeness (QED) is 0.796. The SMILES string of the molecule is CC(C)C1(N)CN(c2nc[nH]c(=O)c2Cl)C1. The van der Waals surface area contributed by atoms with Crippen molar-refractivity contribution < 1.29 is 0 Å². The number of rotatable bonds is 2. The van der Waals surface area contributed by atoms with Crippen molar-refractivity contribution in [3.63, 3.8) is 0 Å². The van der Waals surface area contributed by atoms with Crippen molar-refractivity contribution in [3.05, 3.63) is 21.7 Å². The van der Waals surface area contributed by atoms with Crippen LogP contribution in [0.2, 0.25) is 5.02 Å². The normalized spacial score (nSPS) is 18.7. The van der Waals surface area contributed by atoms with E-state index >= 15 is 0 Å². The van der Waals surface area contributed by atoms with Gasteiger partial charge in [-0.2, -0.15) is 0 Å². The summed E-state index contributed by atoms with van der Waals surface area (Å²) in [6.07, 6.45) is 1.36. The Morgan fingerprint density at radius 2 is 2.25 bits per heavy atom. The molecule has 1 aliphatic heterocycles. The van der Waals surface area contributed by atoms with E-state index in [0.717, 1.165) is 0 Å². The molecule has 1 aliphatic rings. The fraction of sp³-hybridized carbons (Fsp3) is 0.600. The van der Waals surface area contributed by atoms with E-state index in [1.54, 1.807) is 0 Å². The van der Waals surface area contributed by atoms with Gasteiger partial charge >= 0.3 is 0 Å². The first-order chi connectivity index (χ1) is 7.44. The first-order valence-electron chi connectivity index (χ1n) is 5.21. The van der Waals surface area contributed by atoms with E-state index in [1.165, 1.54) is 6.33 Å². The van der Waals surface area contributed by atoms with Crippen LogP contribution in [-0.4, -0.2) is 28.6 Å². The van der Waals surface area contributed by atoms with E-state index < -0.39 is 0 Å². The molecule has 3 N–H and O–H groups in total. The van der Waals surface area contributed by atoms with Gasteiger partial charge < -0.3 is 15.6 Å². The Balaban J connectivity index is 2.19. The highest BCUT2D eigenvalue weighted by Gasteiger charge is 2.43. The lowest BCUT2D eigenvalue weighted by Crippen LogP contribution is -2.70. The zero-order valence-electron chi connectivity index (χ0n) is 9.33. The molecule has 88 valence electrons. The lowest BCUT2D eigenvalue weighted by molar-refractivity contribution is 0.243. The van der Waals surface area contributed by atoms with Crippen LogP contribution in [0.5, 0.6) is 0 Å². The van der Waals surface area contributed by atoms with Crippen molar-refractivity contribution in [2.75, 3.05) is 18.0 Å². The van der Waals surface area contributed by atoms with Crippen molar-refractivity contribution in [1.29, 1.82) is 0 Å². The Bertz CT molecular complexity index is 450. The molecule has 0 unspecified atom stereocenters. The molecule has 0 radical (unpaired) electrons. The molecule has 0 saturated carbocycles. The Hall–Kier alpha value is -1.07. The van der Waals surface area contributed by atoms with E-state index in [0.29, 0.717) is 24.8 Å². The molecular formula is C10H15ClN4O. The number of halogens is 1. The highest BCUT2D eigenvalue weighted by Crippen LogP contribution is 2.31. The Labute approximate surface area is 98.6 Å². The zero-order chi connectivity index (χ0) is 11.9. The van der Waals surface area contributed by atoms with Crippen LogP contribution in [0.25, 0.3) is 0 Å². The summed E-state index contributed by atoms with van der Waals surface area (Å²) in [4.78, 5) is 19.7. The summed E-state index contributed by atoms with van der Waals surface area (Å²) in [5.41, 5.74) is 5.65.